The highest BCUT2D eigenvalue weighted by atomic mass is 15.2. The van der Waals surface area contributed by atoms with Crippen LogP contribution in [0.15, 0.2) is 0 Å². The quantitative estimate of drug-likeness (QED) is 0.730. The molecule has 0 saturated heterocycles. The zero-order valence-electron chi connectivity index (χ0n) is 13.8. The maximum Gasteiger partial charge on any atom is 0.0197 e. The lowest BCUT2D eigenvalue weighted by Crippen LogP contribution is -2.50. The Labute approximate surface area is 120 Å². The molecule has 3 unspecified atom stereocenters. The van der Waals surface area contributed by atoms with Crippen LogP contribution in [0.5, 0.6) is 0 Å². The largest absolute Gasteiger partial charge is 0.314 e. The van der Waals surface area contributed by atoms with Crippen LogP contribution in [0.2, 0.25) is 0 Å². The van der Waals surface area contributed by atoms with E-state index in [1.54, 1.807) is 0 Å². The smallest absolute Gasteiger partial charge is 0.0197 e. The number of nitrogens with zero attached hydrogens (tertiary/aromatic N) is 2. The summed E-state index contributed by atoms with van der Waals surface area (Å²) >= 11 is 0. The van der Waals surface area contributed by atoms with E-state index in [1.165, 1.54) is 45.2 Å². The Morgan fingerprint density at radius 3 is 2.53 bits per heavy atom. The van der Waals surface area contributed by atoms with Gasteiger partial charge in [0.2, 0.25) is 0 Å². The molecule has 3 heteroatoms. The van der Waals surface area contributed by atoms with Crippen molar-refractivity contribution >= 4 is 0 Å². The van der Waals surface area contributed by atoms with E-state index in [9.17, 15) is 0 Å². The molecule has 3 nitrogen and oxygen atoms in total. The van der Waals surface area contributed by atoms with Gasteiger partial charge in [0.25, 0.3) is 0 Å². The molecule has 19 heavy (non-hydrogen) atoms. The zero-order valence-corrected chi connectivity index (χ0v) is 13.8. The Bertz CT molecular complexity index is 230. The third-order valence-corrected chi connectivity index (χ3v) is 4.36. The normalized spacial score (nSPS) is 26.1. The van der Waals surface area contributed by atoms with Crippen molar-refractivity contribution in [3.63, 3.8) is 0 Å². The van der Waals surface area contributed by atoms with Gasteiger partial charge in [-0.15, -0.1) is 0 Å². The number of nitrogens with one attached hydrogen (secondary N) is 1. The second-order valence-corrected chi connectivity index (χ2v) is 6.41. The fourth-order valence-electron chi connectivity index (χ4n) is 3.56. The minimum atomic E-state index is 0.662. The van der Waals surface area contributed by atoms with Crippen LogP contribution >= 0.6 is 0 Å². The third-order valence-electron chi connectivity index (χ3n) is 4.36. The molecular weight excluding hydrogens is 234 g/mol. The molecule has 0 amide bonds. The van der Waals surface area contributed by atoms with Gasteiger partial charge in [-0.1, -0.05) is 20.3 Å². The van der Waals surface area contributed by atoms with Gasteiger partial charge in [0.1, 0.15) is 0 Å². The van der Waals surface area contributed by atoms with Crippen LogP contribution in [0.1, 0.15) is 52.9 Å². The molecule has 1 fully saturated rings. The highest BCUT2D eigenvalue weighted by molar-refractivity contribution is 4.86. The molecule has 1 saturated carbocycles. The summed E-state index contributed by atoms with van der Waals surface area (Å²) in [6, 6.07) is 2.19. The molecule has 0 aromatic rings. The molecule has 1 aliphatic rings. The van der Waals surface area contributed by atoms with Crippen LogP contribution in [0.4, 0.5) is 0 Å². The van der Waals surface area contributed by atoms with Gasteiger partial charge in [-0.3, -0.25) is 4.90 Å². The molecule has 1 aliphatic carbocycles. The van der Waals surface area contributed by atoms with Crippen molar-refractivity contribution < 1.29 is 0 Å². The number of hydrogen-bond acceptors (Lipinski definition) is 3. The van der Waals surface area contributed by atoms with Gasteiger partial charge in [0, 0.05) is 24.7 Å². The van der Waals surface area contributed by atoms with Crippen LogP contribution in [0.3, 0.4) is 0 Å². The van der Waals surface area contributed by atoms with Crippen molar-refractivity contribution in [3.8, 4) is 0 Å². The first-order valence-corrected chi connectivity index (χ1v) is 8.22. The number of hydrogen-bond donors (Lipinski definition) is 1. The van der Waals surface area contributed by atoms with Crippen molar-refractivity contribution in [2.75, 3.05) is 33.7 Å². The van der Waals surface area contributed by atoms with Gasteiger partial charge in [-0.05, 0) is 59.8 Å². The van der Waals surface area contributed by atoms with Crippen molar-refractivity contribution in [1.82, 2.24) is 15.1 Å². The maximum atomic E-state index is 3.72. The first-order valence-electron chi connectivity index (χ1n) is 8.22. The van der Waals surface area contributed by atoms with Crippen LogP contribution in [0, 0.1) is 0 Å². The third kappa shape index (κ3) is 5.80. The maximum absolute atomic E-state index is 3.72. The van der Waals surface area contributed by atoms with Crippen molar-refractivity contribution in [3.05, 3.63) is 0 Å². The fourth-order valence-corrected chi connectivity index (χ4v) is 3.56. The second kappa shape index (κ2) is 8.93. The summed E-state index contributed by atoms with van der Waals surface area (Å²) in [4.78, 5) is 5.03. The van der Waals surface area contributed by atoms with E-state index in [1.807, 2.05) is 0 Å². The summed E-state index contributed by atoms with van der Waals surface area (Å²) in [6.07, 6.45) is 6.73. The summed E-state index contributed by atoms with van der Waals surface area (Å²) in [5, 5.41) is 3.72. The number of likely N-dealkylation sites (N-methyl/N-ethyl adjacent to an activating group) is 2. The van der Waals surface area contributed by atoms with Gasteiger partial charge in [-0.25, -0.2) is 0 Å². The Kier molecular flexibility index (Phi) is 7.96. The lowest BCUT2D eigenvalue weighted by atomic mass is 9.89. The topological polar surface area (TPSA) is 18.5 Å². The van der Waals surface area contributed by atoms with E-state index in [0.717, 1.165) is 18.6 Å². The molecule has 114 valence electrons. The highest BCUT2D eigenvalue weighted by Gasteiger charge is 2.28. The fraction of sp³-hybridized carbons (Fsp3) is 1.00. The van der Waals surface area contributed by atoms with Crippen molar-refractivity contribution in [2.45, 2.75) is 71.0 Å². The van der Waals surface area contributed by atoms with Crippen molar-refractivity contribution in [2.24, 2.45) is 0 Å². The van der Waals surface area contributed by atoms with Gasteiger partial charge in [-0.2, -0.15) is 0 Å². The summed E-state index contributed by atoms with van der Waals surface area (Å²) in [5.41, 5.74) is 0. The van der Waals surface area contributed by atoms with Crippen molar-refractivity contribution in [1.29, 1.82) is 0 Å². The van der Waals surface area contributed by atoms with Crippen LogP contribution in [-0.4, -0.2) is 61.7 Å². The number of rotatable bonds is 8. The lowest BCUT2D eigenvalue weighted by molar-refractivity contribution is 0.0914. The Morgan fingerprint density at radius 2 is 1.95 bits per heavy atom. The molecule has 0 radical (unpaired) electrons. The zero-order chi connectivity index (χ0) is 14.3. The lowest BCUT2D eigenvalue weighted by Gasteiger charge is -2.41. The molecule has 0 aromatic heterocycles. The van der Waals surface area contributed by atoms with E-state index >= 15 is 0 Å². The van der Waals surface area contributed by atoms with Gasteiger partial charge in [0.05, 0.1) is 0 Å². The van der Waals surface area contributed by atoms with Crippen LogP contribution < -0.4 is 5.32 Å². The Hall–Kier alpha value is -0.120. The average molecular weight is 269 g/mol. The van der Waals surface area contributed by atoms with Gasteiger partial charge >= 0.3 is 0 Å². The van der Waals surface area contributed by atoms with E-state index in [0.29, 0.717) is 6.04 Å². The molecule has 1 rings (SSSR count). The molecule has 0 heterocycles. The minimum Gasteiger partial charge on any atom is -0.314 e. The van der Waals surface area contributed by atoms with E-state index in [-0.39, 0.29) is 0 Å². The molecular formula is C16H35N3. The van der Waals surface area contributed by atoms with Crippen LogP contribution in [0.25, 0.3) is 0 Å². The summed E-state index contributed by atoms with van der Waals surface area (Å²) in [6.45, 7) is 10.5. The Morgan fingerprint density at radius 1 is 1.21 bits per heavy atom. The van der Waals surface area contributed by atoms with E-state index in [4.69, 9.17) is 0 Å². The molecule has 0 bridgehead atoms. The van der Waals surface area contributed by atoms with E-state index in [2.05, 4.69) is 50.0 Å². The SMILES string of the molecule is CCCNC1CCCC(N(CC)C(C)CN(C)C)C1. The molecule has 1 N–H and O–H groups in total. The minimum absolute atomic E-state index is 0.662. The molecule has 0 aromatic carbocycles. The summed E-state index contributed by atoms with van der Waals surface area (Å²) in [5.74, 6) is 0. The predicted molar refractivity (Wildman–Crippen MR) is 84.7 cm³/mol. The Balaban J connectivity index is 2.49. The molecule has 0 spiro atoms. The van der Waals surface area contributed by atoms with E-state index < -0.39 is 0 Å². The first-order chi connectivity index (χ1) is 9.08. The standard InChI is InChI=1S/C16H35N3/c1-6-11-17-15-9-8-10-16(12-15)19(7-2)14(3)13-18(4)5/h14-17H,6-13H2,1-5H3. The summed E-state index contributed by atoms with van der Waals surface area (Å²) < 4.78 is 0. The highest BCUT2D eigenvalue weighted by Crippen LogP contribution is 2.24. The predicted octanol–water partition coefficient (Wildman–Crippen LogP) is 2.57. The second-order valence-electron chi connectivity index (χ2n) is 6.41. The molecule has 3 atom stereocenters. The van der Waals surface area contributed by atoms with Gasteiger partial charge in [0.15, 0.2) is 0 Å². The summed E-state index contributed by atoms with van der Waals surface area (Å²) in [7, 11) is 4.35. The van der Waals surface area contributed by atoms with Gasteiger partial charge < -0.3 is 10.2 Å². The monoisotopic (exact) mass is 269 g/mol. The average Bonchev–Trinajstić information content (AvgIpc) is 2.37. The molecule has 0 aliphatic heterocycles. The first kappa shape index (κ1) is 16.9. The van der Waals surface area contributed by atoms with Crippen LogP contribution in [-0.2, 0) is 0 Å².